The average molecular weight is 1010 g/mol. The number of aliphatic hydroxyl groups is 3. The van der Waals surface area contributed by atoms with E-state index in [0.717, 1.165) is 38.5 Å². The maximum atomic E-state index is 12.5. The molecule has 0 heterocycles. The zero-order valence-corrected chi connectivity index (χ0v) is 48.6. The molecular formula is C67H127NO4. The number of unbranched alkanes of at least 4 members (excludes halogenated alkanes) is 45. The van der Waals surface area contributed by atoms with Crippen molar-refractivity contribution < 1.29 is 20.1 Å². The van der Waals surface area contributed by atoms with Crippen LogP contribution < -0.4 is 5.32 Å². The topological polar surface area (TPSA) is 89.8 Å². The fraction of sp³-hybridized carbons (Fsp3) is 0.866. The molecule has 72 heavy (non-hydrogen) atoms. The van der Waals surface area contributed by atoms with Gasteiger partial charge in [0.05, 0.1) is 31.3 Å². The molecule has 5 nitrogen and oxygen atoms in total. The molecule has 0 bridgehead atoms. The van der Waals surface area contributed by atoms with Crippen molar-refractivity contribution in [2.75, 3.05) is 6.61 Å². The van der Waals surface area contributed by atoms with E-state index < -0.39 is 18.2 Å². The van der Waals surface area contributed by atoms with Crippen LogP contribution in [0.2, 0.25) is 0 Å². The molecule has 0 aliphatic heterocycles. The lowest BCUT2D eigenvalue weighted by atomic mass is 10.0. The normalized spacial score (nSPS) is 13.5. The molecule has 0 spiro atoms. The van der Waals surface area contributed by atoms with Crippen LogP contribution in [0.15, 0.2) is 48.6 Å². The van der Waals surface area contributed by atoms with Gasteiger partial charge in [0, 0.05) is 0 Å². The largest absolute Gasteiger partial charge is 0.394 e. The molecule has 0 aromatic carbocycles. The summed E-state index contributed by atoms with van der Waals surface area (Å²) in [6, 6.07) is -0.769. The molecule has 1 amide bonds. The summed E-state index contributed by atoms with van der Waals surface area (Å²) in [5.41, 5.74) is 0. The lowest BCUT2D eigenvalue weighted by Gasteiger charge is -2.21. The van der Waals surface area contributed by atoms with E-state index in [2.05, 4.69) is 55.6 Å². The van der Waals surface area contributed by atoms with Gasteiger partial charge in [0.2, 0.25) is 5.91 Å². The van der Waals surface area contributed by atoms with E-state index in [-0.39, 0.29) is 18.9 Å². The minimum Gasteiger partial charge on any atom is -0.394 e. The SMILES string of the molecule is CCCCCCCCCCCC/C=C/CC/C=C/CC/C=C/C(O)C(CO)NC(=O)CC(O)CCCCCCCCCCCCCCCCC/C=C\CCCCCCCCCCCCCCCCCCCC. The van der Waals surface area contributed by atoms with Gasteiger partial charge < -0.3 is 20.6 Å². The Kier molecular flexibility index (Phi) is 60.4. The van der Waals surface area contributed by atoms with Crippen molar-refractivity contribution in [3.8, 4) is 0 Å². The number of hydrogen-bond donors (Lipinski definition) is 4. The summed E-state index contributed by atoms with van der Waals surface area (Å²) in [7, 11) is 0. The molecule has 0 saturated carbocycles. The molecule has 424 valence electrons. The van der Waals surface area contributed by atoms with E-state index in [9.17, 15) is 20.1 Å². The van der Waals surface area contributed by atoms with Gasteiger partial charge in [-0.05, 0) is 70.6 Å². The van der Waals surface area contributed by atoms with Crippen LogP contribution in [0, 0.1) is 0 Å². The van der Waals surface area contributed by atoms with Crippen LogP contribution in [0.1, 0.15) is 348 Å². The molecule has 0 rings (SSSR count). The van der Waals surface area contributed by atoms with Crippen LogP contribution in [0.3, 0.4) is 0 Å². The summed E-state index contributed by atoms with van der Waals surface area (Å²) >= 11 is 0. The summed E-state index contributed by atoms with van der Waals surface area (Å²) in [4.78, 5) is 12.5. The van der Waals surface area contributed by atoms with E-state index in [4.69, 9.17) is 0 Å². The van der Waals surface area contributed by atoms with Crippen LogP contribution in [0.5, 0.6) is 0 Å². The van der Waals surface area contributed by atoms with Crippen molar-refractivity contribution in [1.82, 2.24) is 5.32 Å². The molecule has 0 aromatic heterocycles. The zero-order chi connectivity index (χ0) is 52.2. The highest BCUT2D eigenvalue weighted by atomic mass is 16.3. The molecular weight excluding hydrogens is 883 g/mol. The zero-order valence-electron chi connectivity index (χ0n) is 48.6. The number of amides is 1. The second-order valence-corrected chi connectivity index (χ2v) is 22.4. The smallest absolute Gasteiger partial charge is 0.222 e. The standard InChI is InChI=1S/C67H127NO4/c1-3-5-7-9-11-13-15-17-19-21-23-25-26-27-28-29-30-31-32-33-34-35-36-37-38-39-40-41-42-44-46-48-50-52-54-56-58-60-64(70)62-67(72)68-65(63-69)66(71)61-59-57-55-53-51-49-47-45-43-24-22-20-18-16-14-12-10-8-6-4-2/h33-34,43,45,51,53,59,61,64-66,69-71H,3-32,35-42,44,46-50,52,54-58,60,62-63H2,1-2H3,(H,68,72)/b34-33-,45-43+,53-51+,61-59+. The first-order valence-electron chi connectivity index (χ1n) is 32.4. The first-order chi connectivity index (χ1) is 35.5. The average Bonchev–Trinajstić information content (AvgIpc) is 3.38. The lowest BCUT2D eigenvalue weighted by Crippen LogP contribution is -2.45. The van der Waals surface area contributed by atoms with Gasteiger partial charge in [-0.1, -0.05) is 319 Å². The Hall–Kier alpha value is -1.69. The number of nitrogens with one attached hydrogen (secondary N) is 1. The van der Waals surface area contributed by atoms with E-state index >= 15 is 0 Å². The van der Waals surface area contributed by atoms with E-state index in [0.29, 0.717) is 6.42 Å². The summed E-state index contributed by atoms with van der Waals surface area (Å²) in [5, 5.41) is 33.5. The molecule has 4 N–H and O–H groups in total. The van der Waals surface area contributed by atoms with Crippen LogP contribution in [-0.4, -0.2) is 46.1 Å². The summed E-state index contributed by atoms with van der Waals surface area (Å²) in [5.74, 6) is -0.325. The van der Waals surface area contributed by atoms with E-state index in [1.807, 2.05) is 6.08 Å². The molecule has 0 radical (unpaired) electrons. The quantitative estimate of drug-likeness (QED) is 0.0361. The van der Waals surface area contributed by atoms with Crippen LogP contribution in [0.4, 0.5) is 0 Å². The monoisotopic (exact) mass is 1010 g/mol. The van der Waals surface area contributed by atoms with Gasteiger partial charge >= 0.3 is 0 Å². The van der Waals surface area contributed by atoms with E-state index in [1.165, 1.54) is 283 Å². The van der Waals surface area contributed by atoms with Gasteiger partial charge in [0.1, 0.15) is 0 Å². The van der Waals surface area contributed by atoms with Crippen LogP contribution in [0.25, 0.3) is 0 Å². The molecule has 0 fully saturated rings. The van der Waals surface area contributed by atoms with Crippen molar-refractivity contribution in [3.05, 3.63) is 48.6 Å². The van der Waals surface area contributed by atoms with Gasteiger partial charge in [-0.3, -0.25) is 4.79 Å². The van der Waals surface area contributed by atoms with Gasteiger partial charge in [-0.2, -0.15) is 0 Å². The minimum atomic E-state index is -0.962. The predicted octanol–water partition coefficient (Wildman–Crippen LogP) is 20.7. The molecule has 0 aliphatic rings. The highest BCUT2D eigenvalue weighted by molar-refractivity contribution is 5.76. The molecule has 0 aromatic rings. The Morgan fingerprint density at radius 2 is 0.597 bits per heavy atom. The number of carbonyl (C=O) groups is 1. The number of rotatable bonds is 60. The summed E-state index contributed by atoms with van der Waals surface area (Å²) in [6.07, 6.45) is 83.5. The second-order valence-electron chi connectivity index (χ2n) is 22.4. The van der Waals surface area contributed by atoms with Gasteiger partial charge in [0.25, 0.3) is 0 Å². The maximum absolute atomic E-state index is 12.5. The molecule has 5 heteroatoms. The first kappa shape index (κ1) is 70.3. The number of allylic oxidation sites excluding steroid dienone is 7. The van der Waals surface area contributed by atoms with Crippen LogP contribution in [-0.2, 0) is 4.79 Å². The Morgan fingerprint density at radius 3 is 0.889 bits per heavy atom. The van der Waals surface area contributed by atoms with Crippen LogP contribution >= 0.6 is 0 Å². The summed E-state index contributed by atoms with van der Waals surface area (Å²) in [6.45, 7) is 4.23. The number of aliphatic hydroxyl groups excluding tert-OH is 3. The lowest BCUT2D eigenvalue weighted by molar-refractivity contribution is -0.124. The number of hydrogen-bond acceptors (Lipinski definition) is 4. The minimum absolute atomic E-state index is 0.00350. The van der Waals surface area contributed by atoms with Crippen molar-refractivity contribution in [2.45, 2.75) is 366 Å². The Bertz CT molecular complexity index is 1160. The van der Waals surface area contributed by atoms with Gasteiger partial charge in [-0.15, -0.1) is 0 Å². The molecule has 0 saturated heterocycles. The Morgan fingerprint density at radius 1 is 0.347 bits per heavy atom. The fourth-order valence-electron chi connectivity index (χ4n) is 10.1. The highest BCUT2D eigenvalue weighted by Crippen LogP contribution is 2.18. The predicted molar refractivity (Wildman–Crippen MR) is 319 cm³/mol. The Balaban J connectivity index is 3.52. The highest BCUT2D eigenvalue weighted by Gasteiger charge is 2.20. The Labute approximate surface area is 450 Å². The third-order valence-electron chi connectivity index (χ3n) is 15.1. The third kappa shape index (κ3) is 57.6. The molecule has 3 unspecified atom stereocenters. The van der Waals surface area contributed by atoms with E-state index in [1.54, 1.807) is 6.08 Å². The molecule has 3 atom stereocenters. The van der Waals surface area contributed by atoms with Gasteiger partial charge in [-0.25, -0.2) is 0 Å². The second kappa shape index (κ2) is 61.9. The third-order valence-corrected chi connectivity index (χ3v) is 15.1. The summed E-state index contributed by atoms with van der Waals surface area (Å²) < 4.78 is 0. The van der Waals surface area contributed by atoms with Crippen molar-refractivity contribution >= 4 is 5.91 Å². The fourth-order valence-corrected chi connectivity index (χ4v) is 10.1. The molecule has 0 aliphatic carbocycles. The maximum Gasteiger partial charge on any atom is 0.222 e. The van der Waals surface area contributed by atoms with Gasteiger partial charge in [0.15, 0.2) is 0 Å². The van der Waals surface area contributed by atoms with Crippen molar-refractivity contribution in [3.63, 3.8) is 0 Å². The van der Waals surface area contributed by atoms with Crippen molar-refractivity contribution in [2.24, 2.45) is 0 Å². The number of carbonyl (C=O) groups excluding carboxylic acids is 1. The first-order valence-corrected chi connectivity index (χ1v) is 32.4. The van der Waals surface area contributed by atoms with Crippen molar-refractivity contribution in [1.29, 1.82) is 0 Å².